The normalized spacial score (nSPS) is 10.5. The molecule has 0 saturated heterocycles. The quantitative estimate of drug-likeness (QED) is 0.675. The molecule has 1 aromatic rings. The molecule has 1 aromatic heterocycles. The van der Waals surface area contributed by atoms with Crippen LogP contribution in [-0.4, -0.2) is 15.0 Å². The summed E-state index contributed by atoms with van der Waals surface area (Å²) in [6.45, 7) is 3.60. The molecule has 0 aromatic carbocycles. The Bertz CT molecular complexity index is 384. The zero-order chi connectivity index (χ0) is 10.0. The van der Waals surface area contributed by atoms with E-state index in [1.54, 1.807) is 13.8 Å². The highest BCUT2D eigenvalue weighted by molar-refractivity contribution is 6.67. The second-order valence-electron chi connectivity index (χ2n) is 2.87. The fourth-order valence-electron chi connectivity index (χ4n) is 0.900. The Labute approximate surface area is 80.1 Å². The van der Waals surface area contributed by atoms with E-state index in [0.717, 1.165) is 0 Å². The maximum atomic E-state index is 11.2. The zero-order valence-corrected chi connectivity index (χ0v) is 8.08. The first kappa shape index (κ1) is 9.92. The minimum absolute atomic E-state index is 0.0801. The molecule has 0 unspecified atom stereocenters. The number of hydrogen-bond donors (Lipinski definition) is 0. The average molecular weight is 201 g/mol. The van der Waals surface area contributed by atoms with Gasteiger partial charge in [0, 0.05) is 6.07 Å². The lowest BCUT2D eigenvalue weighted by Gasteiger charge is -2.07. The highest BCUT2D eigenvalue weighted by Crippen LogP contribution is 2.00. The van der Waals surface area contributed by atoms with Crippen molar-refractivity contribution < 1.29 is 4.79 Å². The molecule has 0 aliphatic carbocycles. The third-order valence-corrected chi connectivity index (χ3v) is 1.71. The van der Waals surface area contributed by atoms with Gasteiger partial charge in [-0.15, -0.1) is 0 Å². The Kier molecular flexibility index (Phi) is 2.83. The first-order valence-corrected chi connectivity index (χ1v) is 4.20. The van der Waals surface area contributed by atoms with Gasteiger partial charge < -0.3 is 0 Å². The van der Waals surface area contributed by atoms with Crippen molar-refractivity contribution in [2.75, 3.05) is 0 Å². The SMILES string of the molecule is CC(C)n1nc(C(=O)Cl)ccc1=O. The smallest absolute Gasteiger partial charge is 0.272 e. The van der Waals surface area contributed by atoms with E-state index in [1.165, 1.54) is 16.8 Å². The van der Waals surface area contributed by atoms with E-state index in [4.69, 9.17) is 11.6 Å². The van der Waals surface area contributed by atoms with Crippen LogP contribution in [0.5, 0.6) is 0 Å². The fraction of sp³-hybridized carbons (Fsp3) is 0.375. The number of halogens is 1. The Morgan fingerprint density at radius 2 is 2.15 bits per heavy atom. The van der Waals surface area contributed by atoms with E-state index in [2.05, 4.69) is 5.10 Å². The molecule has 0 radical (unpaired) electrons. The van der Waals surface area contributed by atoms with Crippen molar-refractivity contribution in [1.29, 1.82) is 0 Å². The maximum absolute atomic E-state index is 11.2. The summed E-state index contributed by atoms with van der Waals surface area (Å²) in [5, 5.41) is 3.14. The van der Waals surface area contributed by atoms with Crippen molar-refractivity contribution >= 4 is 16.8 Å². The molecule has 1 heterocycles. The molecule has 5 heteroatoms. The van der Waals surface area contributed by atoms with Crippen molar-refractivity contribution in [3.8, 4) is 0 Å². The van der Waals surface area contributed by atoms with Crippen LogP contribution in [0.3, 0.4) is 0 Å². The van der Waals surface area contributed by atoms with E-state index in [0.29, 0.717) is 0 Å². The average Bonchev–Trinajstić information content (AvgIpc) is 2.04. The summed E-state index contributed by atoms with van der Waals surface area (Å²) >= 11 is 5.22. The number of aromatic nitrogens is 2. The topological polar surface area (TPSA) is 52.0 Å². The lowest BCUT2D eigenvalue weighted by molar-refractivity contribution is 0.107. The van der Waals surface area contributed by atoms with E-state index in [-0.39, 0.29) is 17.3 Å². The Morgan fingerprint density at radius 1 is 1.54 bits per heavy atom. The standard InChI is InChI=1S/C8H9ClN2O2/c1-5(2)11-7(12)4-3-6(10-11)8(9)13/h3-5H,1-2H3. The predicted octanol–water partition coefficient (Wildman–Crippen LogP) is 1.20. The summed E-state index contributed by atoms with van der Waals surface area (Å²) in [6, 6.07) is 2.52. The lowest BCUT2D eigenvalue weighted by Crippen LogP contribution is -2.25. The van der Waals surface area contributed by atoms with Gasteiger partial charge in [-0.2, -0.15) is 5.10 Å². The summed E-state index contributed by atoms with van der Waals surface area (Å²) in [5.74, 6) is 0. The summed E-state index contributed by atoms with van der Waals surface area (Å²) in [6.07, 6.45) is 0. The first-order valence-electron chi connectivity index (χ1n) is 3.82. The maximum Gasteiger partial charge on any atom is 0.272 e. The molecule has 0 aliphatic rings. The number of rotatable bonds is 2. The largest absolute Gasteiger partial charge is 0.274 e. The van der Waals surface area contributed by atoms with Crippen LogP contribution in [-0.2, 0) is 0 Å². The lowest BCUT2D eigenvalue weighted by atomic mass is 10.4. The third kappa shape index (κ3) is 2.15. The molecule has 0 bridgehead atoms. The molecule has 13 heavy (non-hydrogen) atoms. The van der Waals surface area contributed by atoms with Gasteiger partial charge in [-0.25, -0.2) is 4.68 Å². The molecule has 70 valence electrons. The molecule has 0 atom stereocenters. The van der Waals surface area contributed by atoms with Crippen molar-refractivity contribution in [3.63, 3.8) is 0 Å². The number of hydrogen-bond acceptors (Lipinski definition) is 3. The second kappa shape index (κ2) is 3.70. The van der Waals surface area contributed by atoms with Crippen molar-refractivity contribution in [2.24, 2.45) is 0 Å². The van der Waals surface area contributed by atoms with Crippen LogP contribution < -0.4 is 5.56 Å². The van der Waals surface area contributed by atoms with Gasteiger partial charge in [-0.1, -0.05) is 0 Å². The third-order valence-electron chi connectivity index (χ3n) is 1.52. The Balaban J connectivity index is 3.27. The van der Waals surface area contributed by atoms with E-state index >= 15 is 0 Å². The second-order valence-corrected chi connectivity index (χ2v) is 3.21. The molecular formula is C8H9ClN2O2. The Hall–Kier alpha value is -1.16. The molecule has 0 amide bonds. The monoisotopic (exact) mass is 200 g/mol. The highest BCUT2D eigenvalue weighted by Gasteiger charge is 2.07. The molecule has 0 spiro atoms. The molecular weight excluding hydrogens is 192 g/mol. The summed E-state index contributed by atoms with van der Waals surface area (Å²) in [4.78, 5) is 21.9. The van der Waals surface area contributed by atoms with Crippen LogP contribution in [0, 0.1) is 0 Å². The molecule has 4 nitrogen and oxygen atoms in total. The molecule has 0 fully saturated rings. The minimum Gasteiger partial charge on any atom is -0.274 e. The van der Waals surface area contributed by atoms with Gasteiger partial charge in [0.2, 0.25) is 0 Å². The van der Waals surface area contributed by atoms with Gasteiger partial charge in [-0.3, -0.25) is 9.59 Å². The van der Waals surface area contributed by atoms with E-state index < -0.39 is 5.24 Å². The van der Waals surface area contributed by atoms with Gasteiger partial charge in [0.1, 0.15) is 5.69 Å². The number of nitrogens with zero attached hydrogens (tertiary/aromatic N) is 2. The number of carbonyl (C=O) groups excluding carboxylic acids is 1. The van der Waals surface area contributed by atoms with Gasteiger partial charge in [0.25, 0.3) is 10.8 Å². The van der Waals surface area contributed by atoms with Crippen LogP contribution in [0.25, 0.3) is 0 Å². The van der Waals surface area contributed by atoms with Crippen molar-refractivity contribution in [2.45, 2.75) is 19.9 Å². The van der Waals surface area contributed by atoms with Gasteiger partial charge in [0.05, 0.1) is 6.04 Å². The zero-order valence-electron chi connectivity index (χ0n) is 7.32. The summed E-state index contributed by atoms with van der Waals surface area (Å²) in [7, 11) is 0. The van der Waals surface area contributed by atoms with Crippen LogP contribution in [0.4, 0.5) is 0 Å². The predicted molar refractivity (Wildman–Crippen MR) is 49.1 cm³/mol. The minimum atomic E-state index is -0.658. The molecule has 0 N–H and O–H groups in total. The van der Waals surface area contributed by atoms with Crippen LogP contribution in [0.1, 0.15) is 30.4 Å². The Morgan fingerprint density at radius 3 is 2.62 bits per heavy atom. The van der Waals surface area contributed by atoms with Crippen LogP contribution >= 0.6 is 11.6 Å². The fourth-order valence-corrected chi connectivity index (χ4v) is 1.00. The molecule has 0 aliphatic heterocycles. The van der Waals surface area contributed by atoms with E-state index in [1.807, 2.05) is 0 Å². The van der Waals surface area contributed by atoms with Crippen LogP contribution in [0.2, 0.25) is 0 Å². The molecule has 0 saturated carbocycles. The van der Waals surface area contributed by atoms with Gasteiger partial charge >= 0.3 is 0 Å². The van der Waals surface area contributed by atoms with Gasteiger partial charge in [-0.05, 0) is 31.5 Å². The van der Waals surface area contributed by atoms with Gasteiger partial charge in [0.15, 0.2) is 0 Å². The van der Waals surface area contributed by atoms with E-state index in [9.17, 15) is 9.59 Å². The highest BCUT2D eigenvalue weighted by atomic mass is 35.5. The number of carbonyl (C=O) groups is 1. The van der Waals surface area contributed by atoms with Crippen molar-refractivity contribution in [3.05, 3.63) is 28.2 Å². The van der Waals surface area contributed by atoms with Crippen LogP contribution in [0.15, 0.2) is 16.9 Å². The molecule has 1 rings (SSSR count). The van der Waals surface area contributed by atoms with Crippen molar-refractivity contribution in [1.82, 2.24) is 9.78 Å². The summed E-state index contributed by atoms with van der Waals surface area (Å²) < 4.78 is 1.22. The summed E-state index contributed by atoms with van der Waals surface area (Å²) in [5.41, 5.74) is -0.147. The first-order chi connectivity index (χ1) is 6.02.